The number of aromatic amines is 1. The molecule has 1 atom stereocenters. The van der Waals surface area contributed by atoms with Gasteiger partial charge in [-0.05, 0) is 54.8 Å². The Morgan fingerprint density at radius 3 is 2.47 bits per heavy atom. The number of anilines is 1. The highest BCUT2D eigenvalue weighted by molar-refractivity contribution is 7.89. The van der Waals surface area contributed by atoms with Crippen LogP contribution >= 0.6 is 11.3 Å². The smallest absolute Gasteiger partial charge is 0.416 e. The fraction of sp³-hybridized carbons (Fsp3) is 0.357. The van der Waals surface area contributed by atoms with Gasteiger partial charge in [-0.15, -0.1) is 0 Å². The highest BCUT2D eigenvalue weighted by Crippen LogP contribution is 2.38. The number of sulfonamides is 1. The van der Waals surface area contributed by atoms with Gasteiger partial charge in [0, 0.05) is 32.1 Å². The number of carbonyl (C=O) groups excluding carboxylic acids is 1. The first-order valence-electron chi connectivity index (χ1n) is 14.1. The molecule has 1 aliphatic carbocycles. The second-order valence-electron chi connectivity index (χ2n) is 10.8. The van der Waals surface area contributed by atoms with Crippen LogP contribution in [0.1, 0.15) is 35.7 Å². The van der Waals surface area contributed by atoms with Gasteiger partial charge in [-0.1, -0.05) is 17.4 Å². The number of amides is 1. The molecule has 1 saturated carbocycles. The molecule has 4 aromatic rings. The normalized spacial score (nSPS) is 17.8. The van der Waals surface area contributed by atoms with Crippen LogP contribution in [0.3, 0.4) is 0 Å². The molecular weight excluding hydrogens is 678 g/mol. The average molecular weight is 703 g/mol. The molecule has 1 amide bonds. The molecule has 2 fully saturated rings. The van der Waals surface area contributed by atoms with Crippen molar-refractivity contribution in [3.05, 3.63) is 75.6 Å². The van der Waals surface area contributed by atoms with Crippen molar-refractivity contribution in [3.8, 4) is 5.75 Å². The van der Waals surface area contributed by atoms with E-state index in [2.05, 4.69) is 25.0 Å². The summed E-state index contributed by atoms with van der Waals surface area (Å²) in [6.45, 7) is -4.14. The first-order chi connectivity index (χ1) is 22.2. The molecule has 0 spiro atoms. The molecule has 1 saturated heterocycles. The Hall–Kier alpha value is -4.23. The summed E-state index contributed by atoms with van der Waals surface area (Å²) in [7, 11) is -4.52. The molecule has 6 rings (SSSR count). The Morgan fingerprint density at radius 2 is 1.83 bits per heavy atom. The van der Waals surface area contributed by atoms with Gasteiger partial charge in [0.25, 0.3) is 5.56 Å². The molecule has 1 aliphatic heterocycles. The fourth-order valence-electron chi connectivity index (χ4n) is 5.07. The minimum Gasteiger partial charge on any atom is -0.432 e. The Kier molecular flexibility index (Phi) is 8.64. The van der Waals surface area contributed by atoms with E-state index in [0.29, 0.717) is 23.1 Å². The van der Waals surface area contributed by atoms with Crippen LogP contribution in [-0.2, 0) is 27.5 Å². The molecule has 2 N–H and O–H groups in total. The molecule has 2 aliphatic rings. The predicted octanol–water partition coefficient (Wildman–Crippen LogP) is 4.21. The molecule has 2 aromatic heterocycles. The van der Waals surface area contributed by atoms with Crippen molar-refractivity contribution in [3.63, 3.8) is 0 Å². The Morgan fingerprint density at radius 1 is 1.11 bits per heavy atom. The van der Waals surface area contributed by atoms with Gasteiger partial charge in [-0.25, -0.2) is 17.8 Å². The Balaban J connectivity index is 1.28. The maximum Gasteiger partial charge on any atom is 0.416 e. The van der Waals surface area contributed by atoms with Gasteiger partial charge in [0.2, 0.25) is 15.9 Å². The quantitative estimate of drug-likeness (QED) is 0.248. The molecule has 0 radical (unpaired) electrons. The number of ether oxygens (including phenoxy) is 1. The van der Waals surface area contributed by atoms with E-state index < -0.39 is 56.8 Å². The van der Waals surface area contributed by atoms with Gasteiger partial charge in [-0.2, -0.15) is 31.2 Å². The summed E-state index contributed by atoms with van der Waals surface area (Å²) in [6.07, 6.45) is -2.93. The third kappa shape index (κ3) is 6.91. The molecule has 11 nitrogen and oxygen atoms in total. The summed E-state index contributed by atoms with van der Waals surface area (Å²) in [4.78, 5) is 39.1. The largest absolute Gasteiger partial charge is 0.432 e. The van der Waals surface area contributed by atoms with E-state index in [1.54, 1.807) is 4.90 Å². The van der Waals surface area contributed by atoms with Crippen LogP contribution in [-0.4, -0.2) is 65.9 Å². The zero-order valence-electron chi connectivity index (χ0n) is 23.9. The molecule has 47 heavy (non-hydrogen) atoms. The second-order valence-corrected chi connectivity index (χ2v) is 13.7. The standard InChI is InChI=1S/C28H24F6N6O5S2/c29-18-11-14(1-8-20(18)45-26(30)31)12-35-24(41)19-13-39(27-38-23-21(46-27)25(42)37-22(36-23)15-2-3-15)9-10-40(19)47(43,44)17-6-4-16(5-7-17)28(32,33)34/h1,4-8,11,15,19,26H,2-3,9-10,12-13H2,(H,35,41)(H,36,37,42)/t19-/m1/s1. The number of fused-ring (bicyclic) bond motifs is 1. The van der Waals surface area contributed by atoms with Gasteiger partial charge in [0.05, 0.1) is 10.5 Å². The SMILES string of the molecule is O=C(NCc1ccc(OC(F)F)c(F)c1)[C@H]1CN(c2nc3nc(C4CC4)[nH]c(=O)c3s2)CCN1S(=O)(=O)c1ccc(C(F)(F)F)cc1. The lowest BCUT2D eigenvalue weighted by Crippen LogP contribution is -2.60. The van der Waals surface area contributed by atoms with Crippen molar-refractivity contribution in [1.82, 2.24) is 24.6 Å². The van der Waals surface area contributed by atoms with Crippen molar-refractivity contribution < 1.29 is 44.3 Å². The zero-order chi connectivity index (χ0) is 33.7. The number of hydrogen-bond acceptors (Lipinski definition) is 9. The van der Waals surface area contributed by atoms with Gasteiger partial charge >= 0.3 is 12.8 Å². The van der Waals surface area contributed by atoms with Crippen molar-refractivity contribution in [1.29, 1.82) is 0 Å². The second kappa shape index (κ2) is 12.4. The molecule has 2 aromatic carbocycles. The first kappa shape index (κ1) is 32.7. The molecular formula is C28H24F6N6O5S2. The minimum absolute atomic E-state index is 0.00760. The number of nitrogens with one attached hydrogen (secondary N) is 2. The summed E-state index contributed by atoms with van der Waals surface area (Å²) < 4.78 is 111. The van der Waals surface area contributed by atoms with Gasteiger partial charge < -0.3 is 19.9 Å². The van der Waals surface area contributed by atoms with E-state index >= 15 is 0 Å². The number of alkyl halides is 5. The summed E-state index contributed by atoms with van der Waals surface area (Å²) in [5, 5.41) is 2.81. The Bertz CT molecular complexity index is 1980. The van der Waals surface area contributed by atoms with Gasteiger partial charge in [0.15, 0.2) is 22.3 Å². The predicted molar refractivity (Wildman–Crippen MR) is 156 cm³/mol. The number of halogens is 6. The lowest BCUT2D eigenvalue weighted by molar-refractivity contribution is -0.137. The van der Waals surface area contributed by atoms with Crippen LogP contribution in [0.15, 0.2) is 52.2 Å². The summed E-state index contributed by atoms with van der Waals surface area (Å²) in [5.74, 6) is -2.00. The highest BCUT2D eigenvalue weighted by atomic mass is 32.2. The maximum atomic E-state index is 14.3. The fourth-order valence-corrected chi connectivity index (χ4v) is 7.58. The number of benzene rings is 2. The lowest BCUT2D eigenvalue weighted by atomic mass is 10.1. The number of rotatable bonds is 9. The first-order valence-corrected chi connectivity index (χ1v) is 16.3. The third-order valence-corrected chi connectivity index (χ3v) is 10.6. The molecule has 250 valence electrons. The topological polar surface area (TPSA) is 138 Å². The summed E-state index contributed by atoms with van der Waals surface area (Å²) in [6, 6.07) is 4.43. The number of nitrogens with zero attached hydrogens (tertiary/aromatic N) is 4. The van der Waals surface area contributed by atoms with E-state index in [-0.39, 0.29) is 53.6 Å². The van der Waals surface area contributed by atoms with Crippen LogP contribution in [0.25, 0.3) is 10.3 Å². The van der Waals surface area contributed by atoms with Gasteiger partial charge in [-0.3, -0.25) is 9.59 Å². The molecule has 19 heteroatoms. The zero-order valence-corrected chi connectivity index (χ0v) is 25.6. The van der Waals surface area contributed by atoms with Crippen molar-refractivity contribution in [2.24, 2.45) is 0 Å². The number of carbonyl (C=O) groups is 1. The van der Waals surface area contributed by atoms with Crippen molar-refractivity contribution >= 4 is 42.7 Å². The van der Waals surface area contributed by atoms with Gasteiger partial charge in [0.1, 0.15) is 16.6 Å². The van der Waals surface area contributed by atoms with Crippen LogP contribution in [0, 0.1) is 5.82 Å². The van der Waals surface area contributed by atoms with E-state index in [9.17, 15) is 44.3 Å². The number of hydrogen-bond donors (Lipinski definition) is 2. The number of piperazine rings is 1. The molecule has 0 bridgehead atoms. The van der Waals surface area contributed by atoms with E-state index in [1.165, 1.54) is 6.07 Å². The Labute approximate surface area is 266 Å². The van der Waals surface area contributed by atoms with Crippen LogP contribution < -0.4 is 20.5 Å². The number of H-pyrrole nitrogens is 1. The van der Waals surface area contributed by atoms with Crippen molar-refractivity contribution in [2.75, 3.05) is 24.5 Å². The average Bonchev–Trinajstić information content (AvgIpc) is 3.78. The molecule has 0 unspecified atom stereocenters. The van der Waals surface area contributed by atoms with Crippen LogP contribution in [0.2, 0.25) is 0 Å². The van der Waals surface area contributed by atoms with E-state index in [1.807, 2.05) is 0 Å². The summed E-state index contributed by atoms with van der Waals surface area (Å²) in [5.41, 5.74) is -1.09. The maximum absolute atomic E-state index is 14.3. The van der Waals surface area contributed by atoms with Crippen LogP contribution in [0.5, 0.6) is 5.75 Å². The monoisotopic (exact) mass is 702 g/mol. The van der Waals surface area contributed by atoms with Crippen LogP contribution in [0.4, 0.5) is 31.5 Å². The highest BCUT2D eigenvalue weighted by Gasteiger charge is 2.41. The summed E-state index contributed by atoms with van der Waals surface area (Å²) >= 11 is 1.01. The lowest BCUT2D eigenvalue weighted by Gasteiger charge is -2.39. The van der Waals surface area contributed by atoms with E-state index in [0.717, 1.165) is 52.7 Å². The van der Waals surface area contributed by atoms with Crippen molar-refractivity contribution in [2.45, 2.75) is 49.0 Å². The number of thiazole rings is 1. The number of aromatic nitrogens is 3. The van der Waals surface area contributed by atoms with E-state index in [4.69, 9.17) is 0 Å². The third-order valence-electron chi connectivity index (χ3n) is 7.61. The minimum atomic E-state index is -4.70. The molecule has 3 heterocycles.